The predicted octanol–water partition coefficient (Wildman–Crippen LogP) is 5.10. The third-order valence-electron chi connectivity index (χ3n) is 7.47. The molecule has 3 aromatic rings. The van der Waals surface area contributed by atoms with E-state index in [0.717, 1.165) is 69.3 Å². The lowest BCUT2D eigenvalue weighted by molar-refractivity contribution is 0.444. The number of nitrogens with zero attached hydrogens (tertiary/aromatic N) is 5. The summed E-state index contributed by atoms with van der Waals surface area (Å²) >= 11 is 5.59. The number of thiocarbonyl (C=S) groups is 1. The molecular formula is C30H38FN7S. The van der Waals surface area contributed by atoms with E-state index in [9.17, 15) is 4.39 Å². The van der Waals surface area contributed by atoms with Crippen LogP contribution in [0.3, 0.4) is 0 Å². The molecule has 2 saturated heterocycles. The Bertz CT molecular complexity index is 1220. The maximum absolute atomic E-state index is 13.1. The lowest BCUT2D eigenvalue weighted by Crippen LogP contribution is -2.47. The minimum absolute atomic E-state index is 0.207. The fraction of sp³-hybridized carbons (Fsp3) is 0.433. The van der Waals surface area contributed by atoms with Gasteiger partial charge in [0.25, 0.3) is 0 Å². The van der Waals surface area contributed by atoms with E-state index in [0.29, 0.717) is 23.5 Å². The zero-order valence-corrected chi connectivity index (χ0v) is 23.5. The fourth-order valence-corrected chi connectivity index (χ4v) is 5.52. The number of halogens is 1. The first-order chi connectivity index (χ1) is 19.0. The highest BCUT2D eigenvalue weighted by Gasteiger charge is 2.23. The lowest BCUT2D eigenvalue weighted by Gasteiger charge is -2.37. The van der Waals surface area contributed by atoms with Gasteiger partial charge in [-0.15, -0.1) is 0 Å². The van der Waals surface area contributed by atoms with E-state index in [4.69, 9.17) is 22.2 Å². The summed E-state index contributed by atoms with van der Waals surface area (Å²) in [7, 11) is 0. The molecule has 1 atom stereocenters. The Morgan fingerprint density at radius 3 is 2.33 bits per heavy atom. The molecule has 39 heavy (non-hydrogen) atoms. The van der Waals surface area contributed by atoms with Gasteiger partial charge in [-0.25, -0.2) is 4.39 Å². The Labute approximate surface area is 236 Å². The number of para-hydroxylation sites is 1. The van der Waals surface area contributed by atoms with E-state index in [1.807, 2.05) is 12.1 Å². The van der Waals surface area contributed by atoms with Crippen molar-refractivity contribution in [3.05, 3.63) is 72.0 Å². The van der Waals surface area contributed by atoms with Gasteiger partial charge in [0.2, 0.25) is 5.95 Å². The second-order valence-electron chi connectivity index (χ2n) is 10.5. The molecule has 1 aromatic heterocycles. The standard InChI is InChI=1S/C30H38FN7S/c1-23-7-6-16-38(22-23)28-21-27(37-19-17-36(18-20-37)26-9-3-2-4-10-26)33-29(34-28)35-30(39)32-15-5-8-24-11-13-25(31)14-12-24/h2-4,9-14,21,23H,5-8,15-20,22H2,1H3,(H2,32,33,34,35,39). The van der Waals surface area contributed by atoms with Gasteiger partial charge >= 0.3 is 0 Å². The van der Waals surface area contributed by atoms with Crippen LogP contribution < -0.4 is 25.3 Å². The van der Waals surface area contributed by atoms with Crippen LogP contribution in [0.1, 0.15) is 31.7 Å². The largest absolute Gasteiger partial charge is 0.368 e. The van der Waals surface area contributed by atoms with Crippen molar-refractivity contribution < 1.29 is 4.39 Å². The molecule has 2 aliphatic heterocycles. The van der Waals surface area contributed by atoms with Gasteiger partial charge in [-0.1, -0.05) is 37.3 Å². The van der Waals surface area contributed by atoms with Gasteiger partial charge in [0.1, 0.15) is 17.5 Å². The molecule has 0 saturated carbocycles. The van der Waals surface area contributed by atoms with Crippen LogP contribution in [0.2, 0.25) is 0 Å². The summed E-state index contributed by atoms with van der Waals surface area (Å²) in [5, 5.41) is 7.02. The minimum atomic E-state index is -0.207. The Morgan fingerprint density at radius 2 is 1.62 bits per heavy atom. The zero-order chi connectivity index (χ0) is 27.0. The molecular weight excluding hydrogens is 509 g/mol. The molecule has 2 aliphatic rings. The van der Waals surface area contributed by atoms with E-state index in [2.05, 4.69) is 68.7 Å². The number of aromatic nitrogens is 2. The van der Waals surface area contributed by atoms with Crippen LogP contribution in [0.4, 0.5) is 27.7 Å². The molecule has 1 unspecified atom stereocenters. The smallest absolute Gasteiger partial charge is 0.232 e. The highest BCUT2D eigenvalue weighted by atomic mass is 32.1. The Morgan fingerprint density at radius 1 is 0.923 bits per heavy atom. The number of hydrogen-bond donors (Lipinski definition) is 2. The highest BCUT2D eigenvalue weighted by molar-refractivity contribution is 7.80. The van der Waals surface area contributed by atoms with Crippen LogP contribution in [-0.2, 0) is 6.42 Å². The summed E-state index contributed by atoms with van der Waals surface area (Å²) in [6.45, 7) is 8.71. The predicted molar refractivity (Wildman–Crippen MR) is 162 cm³/mol. The van der Waals surface area contributed by atoms with Crippen LogP contribution in [0.15, 0.2) is 60.7 Å². The summed E-state index contributed by atoms with van der Waals surface area (Å²) in [6, 6.07) is 19.4. The number of anilines is 4. The first kappa shape index (κ1) is 27.1. The normalized spacial score (nSPS) is 17.7. The van der Waals surface area contributed by atoms with E-state index < -0.39 is 0 Å². The van der Waals surface area contributed by atoms with Gasteiger partial charge in [-0.3, -0.25) is 0 Å². The van der Waals surface area contributed by atoms with Gasteiger partial charge in [0.05, 0.1) is 0 Å². The van der Waals surface area contributed by atoms with Crippen molar-refractivity contribution in [3.8, 4) is 0 Å². The van der Waals surface area contributed by atoms with Crippen LogP contribution in [0, 0.1) is 11.7 Å². The van der Waals surface area contributed by atoms with Crippen molar-refractivity contribution in [3.63, 3.8) is 0 Å². The highest BCUT2D eigenvalue weighted by Crippen LogP contribution is 2.27. The minimum Gasteiger partial charge on any atom is -0.368 e. The van der Waals surface area contributed by atoms with Gasteiger partial charge in [0, 0.05) is 57.6 Å². The second-order valence-corrected chi connectivity index (χ2v) is 10.9. The number of piperazine rings is 1. The number of nitrogens with one attached hydrogen (secondary N) is 2. The van der Waals surface area contributed by atoms with Gasteiger partial charge in [-0.05, 0) is 73.6 Å². The monoisotopic (exact) mass is 547 g/mol. The van der Waals surface area contributed by atoms with Crippen molar-refractivity contribution in [1.82, 2.24) is 15.3 Å². The Kier molecular flexibility index (Phi) is 9.08. The van der Waals surface area contributed by atoms with E-state index in [-0.39, 0.29) is 5.82 Å². The number of piperidine rings is 1. The number of hydrogen-bond acceptors (Lipinski definition) is 6. The van der Waals surface area contributed by atoms with Crippen LogP contribution in [-0.4, -0.2) is 60.9 Å². The molecule has 2 aromatic carbocycles. The average molecular weight is 548 g/mol. The van der Waals surface area contributed by atoms with Crippen LogP contribution in [0.25, 0.3) is 0 Å². The molecule has 5 rings (SSSR count). The molecule has 206 valence electrons. The van der Waals surface area contributed by atoms with E-state index >= 15 is 0 Å². The average Bonchev–Trinajstić information content (AvgIpc) is 2.97. The molecule has 0 radical (unpaired) electrons. The van der Waals surface area contributed by atoms with E-state index in [1.165, 1.54) is 30.7 Å². The SMILES string of the molecule is CC1CCCN(c2cc(N3CCN(c4ccccc4)CC3)nc(NC(=S)NCCCc3ccc(F)cc3)n2)C1. The summed E-state index contributed by atoms with van der Waals surface area (Å²) in [5.74, 6) is 2.86. The zero-order valence-electron chi connectivity index (χ0n) is 22.7. The van der Waals surface area contributed by atoms with Crippen molar-refractivity contribution in [2.24, 2.45) is 5.92 Å². The number of aryl methyl sites for hydroxylation is 1. The van der Waals surface area contributed by atoms with Gasteiger partial charge < -0.3 is 25.3 Å². The molecule has 7 nitrogen and oxygen atoms in total. The molecule has 2 fully saturated rings. The second kappa shape index (κ2) is 13.1. The fourth-order valence-electron chi connectivity index (χ4n) is 5.32. The van der Waals surface area contributed by atoms with Crippen molar-refractivity contribution >= 4 is 40.6 Å². The molecule has 0 spiro atoms. The summed E-state index contributed by atoms with van der Waals surface area (Å²) in [6.07, 6.45) is 4.17. The van der Waals surface area contributed by atoms with Gasteiger partial charge in [-0.2, -0.15) is 9.97 Å². The Hall–Kier alpha value is -3.46. The molecule has 0 bridgehead atoms. The Balaban J connectivity index is 1.23. The third-order valence-corrected chi connectivity index (χ3v) is 7.72. The van der Waals surface area contributed by atoms with Crippen molar-refractivity contribution in [1.29, 1.82) is 0 Å². The first-order valence-corrected chi connectivity index (χ1v) is 14.4. The molecule has 0 amide bonds. The van der Waals surface area contributed by atoms with Crippen molar-refractivity contribution in [2.45, 2.75) is 32.6 Å². The number of benzene rings is 2. The van der Waals surface area contributed by atoms with E-state index in [1.54, 1.807) is 0 Å². The maximum Gasteiger partial charge on any atom is 0.232 e. The van der Waals surface area contributed by atoms with Gasteiger partial charge in [0.15, 0.2) is 5.11 Å². The number of rotatable bonds is 8. The quantitative estimate of drug-likeness (QED) is 0.299. The summed E-state index contributed by atoms with van der Waals surface area (Å²) in [4.78, 5) is 16.9. The maximum atomic E-state index is 13.1. The molecule has 9 heteroatoms. The van der Waals surface area contributed by atoms with Crippen molar-refractivity contribution in [2.75, 3.05) is 65.8 Å². The van der Waals surface area contributed by atoms with Crippen LogP contribution >= 0.6 is 12.2 Å². The summed E-state index contributed by atoms with van der Waals surface area (Å²) < 4.78 is 13.1. The summed E-state index contributed by atoms with van der Waals surface area (Å²) in [5.41, 5.74) is 2.38. The lowest BCUT2D eigenvalue weighted by atomic mass is 10.0. The molecule has 3 heterocycles. The van der Waals surface area contributed by atoms with Crippen LogP contribution in [0.5, 0.6) is 0 Å². The molecule has 0 aliphatic carbocycles. The topological polar surface area (TPSA) is 59.6 Å². The first-order valence-electron chi connectivity index (χ1n) is 14.0. The third kappa shape index (κ3) is 7.56. The molecule has 2 N–H and O–H groups in total.